The molecule has 88 valence electrons. The first kappa shape index (κ1) is 12.9. The van der Waals surface area contributed by atoms with Crippen molar-refractivity contribution in [1.82, 2.24) is 10.6 Å². The van der Waals surface area contributed by atoms with Crippen LogP contribution in [0.1, 0.15) is 12.5 Å². The number of hydrogen-bond acceptors (Lipinski definition) is 2. The van der Waals surface area contributed by atoms with Crippen LogP contribution in [0.25, 0.3) is 0 Å². The molecular weight excluding hydrogens is 231 g/mol. The van der Waals surface area contributed by atoms with Crippen molar-refractivity contribution in [3.8, 4) is 0 Å². The Morgan fingerprint density at radius 1 is 1.44 bits per heavy atom. The van der Waals surface area contributed by atoms with Gasteiger partial charge in [0.25, 0.3) is 0 Å². The molecule has 5 heteroatoms. The molecule has 16 heavy (non-hydrogen) atoms. The van der Waals surface area contributed by atoms with Crippen LogP contribution in [0.3, 0.4) is 0 Å². The van der Waals surface area contributed by atoms with Gasteiger partial charge in [-0.1, -0.05) is 17.7 Å². The summed E-state index contributed by atoms with van der Waals surface area (Å²) in [6.45, 7) is 3.30. The lowest BCUT2D eigenvalue weighted by atomic mass is 10.2. The molecule has 1 aromatic carbocycles. The van der Waals surface area contributed by atoms with Crippen molar-refractivity contribution in [2.75, 3.05) is 13.1 Å². The first-order valence-corrected chi connectivity index (χ1v) is 5.36. The molecule has 0 heterocycles. The Morgan fingerprint density at radius 2 is 2.19 bits per heavy atom. The number of carbonyl (C=O) groups excluding carboxylic acids is 1. The molecule has 0 saturated heterocycles. The molecule has 3 nitrogen and oxygen atoms in total. The normalized spacial score (nSPS) is 10.2. The number of rotatable bonds is 5. The summed E-state index contributed by atoms with van der Waals surface area (Å²) in [6.07, 6.45) is 0. The van der Waals surface area contributed by atoms with E-state index >= 15 is 0 Å². The molecule has 0 bridgehead atoms. The molecule has 1 amide bonds. The van der Waals surface area contributed by atoms with E-state index in [-0.39, 0.29) is 10.9 Å². The quantitative estimate of drug-likeness (QED) is 0.775. The maximum absolute atomic E-state index is 12.8. The highest BCUT2D eigenvalue weighted by Gasteiger charge is 2.00. The van der Waals surface area contributed by atoms with Gasteiger partial charge in [-0.05, 0) is 17.7 Å². The molecule has 0 radical (unpaired) electrons. The average molecular weight is 245 g/mol. The maximum Gasteiger partial charge on any atom is 0.216 e. The van der Waals surface area contributed by atoms with Crippen molar-refractivity contribution in [3.05, 3.63) is 34.6 Å². The summed E-state index contributed by atoms with van der Waals surface area (Å²) in [7, 11) is 0. The minimum absolute atomic E-state index is 0.0494. The van der Waals surface area contributed by atoms with Crippen LogP contribution in [0.4, 0.5) is 4.39 Å². The molecular formula is C11H14ClFN2O. The maximum atomic E-state index is 12.8. The first-order chi connectivity index (χ1) is 7.59. The minimum Gasteiger partial charge on any atom is -0.355 e. The first-order valence-electron chi connectivity index (χ1n) is 4.98. The van der Waals surface area contributed by atoms with Crippen molar-refractivity contribution in [2.45, 2.75) is 13.5 Å². The van der Waals surface area contributed by atoms with Crippen LogP contribution in [-0.2, 0) is 11.3 Å². The van der Waals surface area contributed by atoms with Gasteiger partial charge in [-0.3, -0.25) is 4.79 Å². The van der Waals surface area contributed by atoms with Crippen molar-refractivity contribution in [3.63, 3.8) is 0 Å². The second-order valence-electron chi connectivity index (χ2n) is 3.41. The summed E-state index contributed by atoms with van der Waals surface area (Å²) in [5.74, 6) is -0.463. The lowest BCUT2D eigenvalue weighted by Gasteiger charge is -2.06. The largest absolute Gasteiger partial charge is 0.355 e. The summed E-state index contributed by atoms with van der Waals surface area (Å²) in [5.41, 5.74) is 0.911. The van der Waals surface area contributed by atoms with Crippen LogP contribution in [0.15, 0.2) is 18.2 Å². The Balaban J connectivity index is 2.27. The number of benzene rings is 1. The van der Waals surface area contributed by atoms with Gasteiger partial charge in [-0.25, -0.2) is 4.39 Å². The molecule has 0 aliphatic heterocycles. The van der Waals surface area contributed by atoms with Crippen LogP contribution in [0.2, 0.25) is 5.02 Å². The number of halogens is 2. The number of carbonyl (C=O) groups is 1. The molecule has 0 aromatic heterocycles. The number of nitrogens with one attached hydrogen (secondary N) is 2. The fourth-order valence-electron chi connectivity index (χ4n) is 1.21. The van der Waals surface area contributed by atoms with Gasteiger partial charge in [0.05, 0.1) is 5.02 Å². The lowest BCUT2D eigenvalue weighted by Crippen LogP contribution is -2.29. The van der Waals surface area contributed by atoms with Crippen LogP contribution in [0, 0.1) is 5.82 Å². The van der Waals surface area contributed by atoms with Crippen molar-refractivity contribution < 1.29 is 9.18 Å². The zero-order valence-electron chi connectivity index (χ0n) is 9.02. The molecule has 0 aliphatic rings. The van der Waals surface area contributed by atoms with Crippen LogP contribution >= 0.6 is 11.6 Å². The summed E-state index contributed by atoms with van der Waals surface area (Å²) in [6, 6.07) is 4.60. The summed E-state index contributed by atoms with van der Waals surface area (Å²) in [5, 5.41) is 5.90. The Labute approximate surface area is 99.0 Å². The van der Waals surface area contributed by atoms with E-state index in [1.807, 2.05) is 0 Å². The van der Waals surface area contributed by atoms with E-state index in [4.69, 9.17) is 11.6 Å². The predicted molar refractivity (Wildman–Crippen MR) is 61.8 cm³/mol. The van der Waals surface area contributed by atoms with Gasteiger partial charge in [0, 0.05) is 26.6 Å². The molecule has 1 aromatic rings. The van der Waals surface area contributed by atoms with Crippen molar-refractivity contribution in [2.24, 2.45) is 0 Å². The average Bonchev–Trinajstić information content (AvgIpc) is 2.22. The molecule has 1 rings (SSSR count). The van der Waals surface area contributed by atoms with Gasteiger partial charge in [0.15, 0.2) is 0 Å². The second-order valence-corrected chi connectivity index (χ2v) is 3.82. The Hall–Kier alpha value is -1.13. The second kappa shape index (κ2) is 6.45. The zero-order valence-corrected chi connectivity index (χ0v) is 9.77. The minimum atomic E-state index is -0.413. The molecule has 0 spiro atoms. The monoisotopic (exact) mass is 244 g/mol. The highest BCUT2D eigenvalue weighted by Crippen LogP contribution is 2.15. The standard InChI is InChI=1S/C11H14ClFN2O/c1-8(16)15-5-4-14-7-9-2-3-11(13)10(12)6-9/h2-3,6,14H,4-5,7H2,1H3,(H,15,16). The highest BCUT2D eigenvalue weighted by atomic mass is 35.5. The summed E-state index contributed by atoms with van der Waals surface area (Å²) in [4.78, 5) is 10.6. The molecule has 2 N–H and O–H groups in total. The zero-order chi connectivity index (χ0) is 12.0. The van der Waals surface area contributed by atoms with E-state index in [1.54, 1.807) is 12.1 Å². The number of hydrogen-bond donors (Lipinski definition) is 2. The molecule has 0 aliphatic carbocycles. The van der Waals surface area contributed by atoms with Crippen LogP contribution in [-0.4, -0.2) is 19.0 Å². The topological polar surface area (TPSA) is 41.1 Å². The van der Waals surface area contributed by atoms with Gasteiger partial charge in [-0.15, -0.1) is 0 Å². The molecule has 0 atom stereocenters. The SMILES string of the molecule is CC(=O)NCCNCc1ccc(F)c(Cl)c1. The van der Waals surface area contributed by atoms with E-state index in [1.165, 1.54) is 13.0 Å². The Bertz CT molecular complexity index is 371. The van der Waals surface area contributed by atoms with Crippen molar-refractivity contribution >= 4 is 17.5 Å². The Morgan fingerprint density at radius 3 is 2.81 bits per heavy atom. The van der Waals surface area contributed by atoms with E-state index in [2.05, 4.69) is 10.6 Å². The van der Waals surface area contributed by atoms with Gasteiger partial charge in [-0.2, -0.15) is 0 Å². The van der Waals surface area contributed by atoms with Crippen LogP contribution in [0.5, 0.6) is 0 Å². The summed E-state index contributed by atoms with van der Waals surface area (Å²) >= 11 is 5.64. The van der Waals surface area contributed by atoms with Gasteiger partial charge in [0.2, 0.25) is 5.91 Å². The molecule has 0 saturated carbocycles. The lowest BCUT2D eigenvalue weighted by molar-refractivity contribution is -0.118. The molecule has 0 fully saturated rings. The fourth-order valence-corrected chi connectivity index (χ4v) is 1.41. The van der Waals surface area contributed by atoms with E-state index in [0.29, 0.717) is 19.6 Å². The number of amides is 1. The third-order valence-electron chi connectivity index (χ3n) is 1.99. The fraction of sp³-hybridized carbons (Fsp3) is 0.364. The van der Waals surface area contributed by atoms with Crippen molar-refractivity contribution in [1.29, 1.82) is 0 Å². The van der Waals surface area contributed by atoms with E-state index < -0.39 is 5.82 Å². The molecule has 0 unspecified atom stereocenters. The van der Waals surface area contributed by atoms with Gasteiger partial charge >= 0.3 is 0 Å². The summed E-state index contributed by atoms with van der Waals surface area (Å²) < 4.78 is 12.8. The van der Waals surface area contributed by atoms with E-state index in [0.717, 1.165) is 5.56 Å². The Kier molecular flexibility index (Phi) is 5.22. The van der Waals surface area contributed by atoms with E-state index in [9.17, 15) is 9.18 Å². The van der Waals surface area contributed by atoms with Crippen LogP contribution < -0.4 is 10.6 Å². The van der Waals surface area contributed by atoms with Gasteiger partial charge < -0.3 is 10.6 Å². The third-order valence-corrected chi connectivity index (χ3v) is 2.28. The highest BCUT2D eigenvalue weighted by molar-refractivity contribution is 6.30. The predicted octanol–water partition coefficient (Wildman–Crippen LogP) is 1.70. The smallest absolute Gasteiger partial charge is 0.216 e. The van der Waals surface area contributed by atoms with Gasteiger partial charge in [0.1, 0.15) is 5.82 Å². The third kappa shape index (κ3) is 4.59.